The molecule has 1 aromatic heterocycles. The fourth-order valence-corrected chi connectivity index (χ4v) is 1.63. The van der Waals surface area contributed by atoms with E-state index >= 15 is 0 Å². The molecule has 0 saturated carbocycles. The van der Waals surface area contributed by atoms with Gasteiger partial charge >= 0.3 is 5.97 Å². The van der Waals surface area contributed by atoms with Gasteiger partial charge in [0.25, 0.3) is 0 Å². The van der Waals surface area contributed by atoms with Crippen molar-refractivity contribution in [2.45, 2.75) is 26.7 Å². The van der Waals surface area contributed by atoms with Crippen LogP contribution in [0.15, 0.2) is 22.9 Å². The van der Waals surface area contributed by atoms with Gasteiger partial charge in [-0.3, -0.25) is 9.78 Å². The Morgan fingerprint density at radius 1 is 1.53 bits per heavy atom. The summed E-state index contributed by atoms with van der Waals surface area (Å²) in [6.07, 6.45) is 4.60. The number of halogens is 1. The number of carboxylic acids is 1. The van der Waals surface area contributed by atoms with Crippen LogP contribution in [0.25, 0.3) is 0 Å². The molecular weight excluding hydrogens is 286 g/mol. The zero-order valence-corrected chi connectivity index (χ0v) is 11.5. The quantitative estimate of drug-likeness (QED) is 0.820. The predicted molar refractivity (Wildman–Crippen MR) is 68.1 cm³/mol. The van der Waals surface area contributed by atoms with Crippen molar-refractivity contribution in [3.8, 4) is 5.75 Å². The van der Waals surface area contributed by atoms with E-state index in [0.29, 0.717) is 25.2 Å². The van der Waals surface area contributed by atoms with Gasteiger partial charge in [0.05, 0.1) is 18.2 Å². The molecule has 0 spiro atoms. The highest BCUT2D eigenvalue weighted by Crippen LogP contribution is 2.23. The highest BCUT2D eigenvalue weighted by atomic mass is 79.9. The third-order valence-electron chi connectivity index (χ3n) is 2.47. The van der Waals surface area contributed by atoms with Gasteiger partial charge in [-0.2, -0.15) is 0 Å². The second-order valence-corrected chi connectivity index (χ2v) is 5.40. The Morgan fingerprint density at radius 2 is 2.24 bits per heavy atom. The van der Waals surface area contributed by atoms with Gasteiger partial charge in [0.2, 0.25) is 0 Å². The Balaban J connectivity index is 2.32. The lowest BCUT2D eigenvalue weighted by atomic mass is 9.88. The standard InChI is InChI=1S/C12H16BrNO3/c1-12(2,11(15)16)4-3-5-17-10-6-9(13)7-14-8-10/h6-8H,3-5H2,1-2H3,(H,15,16). The maximum Gasteiger partial charge on any atom is 0.309 e. The molecule has 0 aliphatic carbocycles. The van der Waals surface area contributed by atoms with Gasteiger partial charge in [-0.1, -0.05) is 0 Å². The van der Waals surface area contributed by atoms with Gasteiger partial charge in [0.15, 0.2) is 0 Å². The Morgan fingerprint density at radius 3 is 2.82 bits per heavy atom. The maximum atomic E-state index is 10.9. The summed E-state index contributed by atoms with van der Waals surface area (Å²) < 4.78 is 6.34. The van der Waals surface area contributed by atoms with E-state index in [1.54, 1.807) is 26.2 Å². The van der Waals surface area contributed by atoms with E-state index in [9.17, 15) is 4.79 Å². The van der Waals surface area contributed by atoms with Crippen LogP contribution in [0.1, 0.15) is 26.7 Å². The Bertz CT molecular complexity index is 393. The molecular formula is C12H16BrNO3. The summed E-state index contributed by atoms with van der Waals surface area (Å²) in [5.41, 5.74) is -0.696. The van der Waals surface area contributed by atoms with Gasteiger partial charge in [-0.25, -0.2) is 0 Å². The molecule has 0 amide bonds. The monoisotopic (exact) mass is 301 g/mol. The summed E-state index contributed by atoms with van der Waals surface area (Å²) in [6, 6.07) is 1.83. The molecule has 1 heterocycles. The minimum atomic E-state index is -0.776. The zero-order valence-electron chi connectivity index (χ0n) is 9.94. The van der Waals surface area contributed by atoms with Crippen molar-refractivity contribution in [1.82, 2.24) is 4.98 Å². The molecule has 0 atom stereocenters. The number of aromatic nitrogens is 1. The van der Waals surface area contributed by atoms with Crippen LogP contribution in [0, 0.1) is 5.41 Å². The average Bonchev–Trinajstić information content (AvgIpc) is 2.24. The first kappa shape index (κ1) is 14.0. The predicted octanol–water partition coefficient (Wildman–Crippen LogP) is 3.11. The van der Waals surface area contributed by atoms with Gasteiger partial charge in [-0.15, -0.1) is 0 Å². The lowest BCUT2D eigenvalue weighted by Gasteiger charge is -2.18. The molecule has 0 bridgehead atoms. The van der Waals surface area contributed by atoms with Crippen LogP contribution >= 0.6 is 15.9 Å². The minimum Gasteiger partial charge on any atom is -0.492 e. The van der Waals surface area contributed by atoms with Gasteiger partial charge in [0.1, 0.15) is 5.75 Å². The van der Waals surface area contributed by atoms with Gasteiger partial charge in [0, 0.05) is 10.7 Å². The van der Waals surface area contributed by atoms with E-state index in [0.717, 1.165) is 4.47 Å². The Kier molecular flexibility index (Phi) is 4.93. The van der Waals surface area contributed by atoms with Crippen LogP contribution in [-0.2, 0) is 4.79 Å². The van der Waals surface area contributed by atoms with Crippen LogP contribution in [0.5, 0.6) is 5.75 Å². The zero-order chi connectivity index (χ0) is 12.9. The summed E-state index contributed by atoms with van der Waals surface area (Å²) in [4.78, 5) is 14.8. The van der Waals surface area contributed by atoms with E-state index in [1.807, 2.05) is 6.07 Å². The van der Waals surface area contributed by atoms with E-state index in [-0.39, 0.29) is 0 Å². The summed E-state index contributed by atoms with van der Waals surface area (Å²) in [7, 11) is 0. The van der Waals surface area contributed by atoms with Crippen molar-refractivity contribution in [3.63, 3.8) is 0 Å². The van der Waals surface area contributed by atoms with Crippen molar-refractivity contribution < 1.29 is 14.6 Å². The number of hydrogen-bond donors (Lipinski definition) is 1. The first-order chi connectivity index (χ1) is 7.92. The van der Waals surface area contributed by atoms with E-state index in [2.05, 4.69) is 20.9 Å². The normalized spacial score (nSPS) is 11.2. The topological polar surface area (TPSA) is 59.4 Å². The summed E-state index contributed by atoms with van der Waals surface area (Å²) in [6.45, 7) is 3.93. The molecule has 1 rings (SSSR count). The smallest absolute Gasteiger partial charge is 0.309 e. The summed E-state index contributed by atoms with van der Waals surface area (Å²) in [5.74, 6) is -0.0888. The number of aliphatic carboxylic acids is 1. The fourth-order valence-electron chi connectivity index (χ4n) is 1.28. The van der Waals surface area contributed by atoms with Crippen LogP contribution in [-0.4, -0.2) is 22.7 Å². The molecule has 0 fully saturated rings. The second kappa shape index (κ2) is 6.00. The van der Waals surface area contributed by atoms with Crippen LogP contribution in [0.3, 0.4) is 0 Å². The Labute approximate surface area is 109 Å². The summed E-state index contributed by atoms with van der Waals surface area (Å²) >= 11 is 3.30. The molecule has 0 unspecified atom stereocenters. The van der Waals surface area contributed by atoms with E-state index in [1.165, 1.54) is 0 Å². The van der Waals surface area contributed by atoms with Crippen molar-refractivity contribution in [1.29, 1.82) is 0 Å². The van der Waals surface area contributed by atoms with Crippen molar-refractivity contribution in [2.24, 2.45) is 5.41 Å². The van der Waals surface area contributed by atoms with Crippen LogP contribution in [0.4, 0.5) is 0 Å². The first-order valence-electron chi connectivity index (χ1n) is 5.38. The molecule has 0 radical (unpaired) electrons. The third kappa shape index (κ3) is 4.73. The molecule has 0 aliphatic heterocycles. The van der Waals surface area contributed by atoms with Gasteiger partial charge < -0.3 is 9.84 Å². The largest absolute Gasteiger partial charge is 0.492 e. The number of carbonyl (C=O) groups is 1. The number of rotatable bonds is 6. The van der Waals surface area contributed by atoms with Crippen molar-refractivity contribution >= 4 is 21.9 Å². The molecule has 94 valence electrons. The highest BCUT2D eigenvalue weighted by molar-refractivity contribution is 9.10. The average molecular weight is 302 g/mol. The minimum absolute atomic E-state index is 0.495. The second-order valence-electron chi connectivity index (χ2n) is 4.48. The number of pyridine rings is 1. The Hall–Kier alpha value is -1.10. The third-order valence-corrected chi connectivity index (χ3v) is 2.91. The SMILES string of the molecule is CC(C)(CCCOc1cncc(Br)c1)C(=O)O. The maximum absolute atomic E-state index is 10.9. The van der Waals surface area contributed by atoms with E-state index in [4.69, 9.17) is 9.84 Å². The number of hydrogen-bond acceptors (Lipinski definition) is 3. The lowest BCUT2D eigenvalue weighted by Crippen LogP contribution is -2.24. The number of nitrogens with zero attached hydrogens (tertiary/aromatic N) is 1. The molecule has 0 aromatic carbocycles. The lowest BCUT2D eigenvalue weighted by molar-refractivity contribution is -0.147. The number of carboxylic acid groups (broad SMARTS) is 1. The summed E-state index contributed by atoms with van der Waals surface area (Å²) in [5, 5.41) is 8.94. The van der Waals surface area contributed by atoms with Crippen LogP contribution in [0.2, 0.25) is 0 Å². The number of ether oxygens (including phenoxy) is 1. The van der Waals surface area contributed by atoms with Crippen molar-refractivity contribution in [2.75, 3.05) is 6.61 Å². The molecule has 0 saturated heterocycles. The van der Waals surface area contributed by atoms with Gasteiger partial charge in [-0.05, 0) is 48.7 Å². The van der Waals surface area contributed by atoms with Crippen LogP contribution < -0.4 is 4.74 Å². The molecule has 5 heteroatoms. The van der Waals surface area contributed by atoms with Crippen molar-refractivity contribution in [3.05, 3.63) is 22.9 Å². The molecule has 4 nitrogen and oxygen atoms in total. The molecule has 1 aromatic rings. The fraction of sp³-hybridized carbons (Fsp3) is 0.500. The first-order valence-corrected chi connectivity index (χ1v) is 6.18. The highest BCUT2D eigenvalue weighted by Gasteiger charge is 2.26. The molecule has 1 N–H and O–H groups in total. The molecule has 0 aliphatic rings. The molecule has 17 heavy (non-hydrogen) atoms. The van der Waals surface area contributed by atoms with E-state index < -0.39 is 11.4 Å².